The smallest absolute Gasteiger partial charge is 0.320 e. The van der Waals surface area contributed by atoms with E-state index in [1.165, 1.54) is 0 Å². The van der Waals surface area contributed by atoms with Gasteiger partial charge in [-0.3, -0.25) is 5.32 Å². The molecule has 3 N–H and O–H groups in total. The van der Waals surface area contributed by atoms with Crippen LogP contribution in [0.25, 0.3) is 10.6 Å². The van der Waals surface area contributed by atoms with Gasteiger partial charge in [-0.25, -0.2) is 9.48 Å². The number of thiophene rings is 1. The number of carbonyl (C=O) groups excluding carboxylic acids is 1. The minimum atomic E-state index is -0.281. The van der Waals surface area contributed by atoms with Crippen molar-refractivity contribution in [1.82, 2.24) is 15.1 Å². The van der Waals surface area contributed by atoms with Crippen molar-refractivity contribution in [2.45, 2.75) is 26.4 Å². The Hall–Kier alpha value is -1.86. The Labute approximate surface area is 121 Å². The first-order chi connectivity index (χ1) is 9.60. The van der Waals surface area contributed by atoms with Gasteiger partial charge in [-0.15, -0.1) is 11.3 Å². The van der Waals surface area contributed by atoms with Crippen LogP contribution in [-0.2, 0) is 6.54 Å². The van der Waals surface area contributed by atoms with Gasteiger partial charge in [0.2, 0.25) is 0 Å². The summed E-state index contributed by atoms with van der Waals surface area (Å²) in [5, 5.41) is 21.0. The third kappa shape index (κ3) is 3.58. The molecule has 108 valence electrons. The van der Waals surface area contributed by atoms with Crippen molar-refractivity contribution in [3.63, 3.8) is 0 Å². The minimum absolute atomic E-state index is 0.0357. The van der Waals surface area contributed by atoms with E-state index < -0.39 is 0 Å². The molecule has 0 fully saturated rings. The fourth-order valence-corrected chi connectivity index (χ4v) is 2.42. The standard InChI is InChI=1S/C13H18N4O2S/c1-9(2)14-13(19)15-12-8-10(11-4-3-7-20-11)16-17(12)5-6-18/h3-4,7-9,18H,5-6H2,1-2H3,(H2,14,15,19). The molecule has 0 radical (unpaired) electrons. The molecule has 0 unspecified atom stereocenters. The second-order valence-corrected chi connectivity index (χ2v) is 5.54. The van der Waals surface area contributed by atoms with Crippen LogP contribution in [0.1, 0.15) is 13.8 Å². The second-order valence-electron chi connectivity index (χ2n) is 4.59. The number of carbonyl (C=O) groups is 1. The van der Waals surface area contributed by atoms with Crippen molar-refractivity contribution < 1.29 is 9.90 Å². The van der Waals surface area contributed by atoms with Crippen molar-refractivity contribution >= 4 is 23.2 Å². The predicted molar refractivity (Wildman–Crippen MR) is 79.9 cm³/mol. The molecule has 0 aliphatic rings. The van der Waals surface area contributed by atoms with Gasteiger partial charge < -0.3 is 10.4 Å². The van der Waals surface area contributed by atoms with Crippen LogP contribution < -0.4 is 10.6 Å². The zero-order chi connectivity index (χ0) is 14.5. The van der Waals surface area contributed by atoms with Gasteiger partial charge in [0.05, 0.1) is 18.0 Å². The van der Waals surface area contributed by atoms with Gasteiger partial charge in [0.25, 0.3) is 0 Å². The molecule has 20 heavy (non-hydrogen) atoms. The Balaban J connectivity index is 2.20. The number of amides is 2. The van der Waals surface area contributed by atoms with E-state index in [0.29, 0.717) is 12.4 Å². The quantitative estimate of drug-likeness (QED) is 0.790. The van der Waals surface area contributed by atoms with Crippen molar-refractivity contribution in [1.29, 1.82) is 0 Å². The summed E-state index contributed by atoms with van der Waals surface area (Å²) in [5.41, 5.74) is 0.785. The van der Waals surface area contributed by atoms with Crippen LogP contribution in [0.2, 0.25) is 0 Å². The number of hydrogen-bond acceptors (Lipinski definition) is 4. The number of nitrogens with zero attached hydrogens (tertiary/aromatic N) is 2. The topological polar surface area (TPSA) is 79.2 Å². The van der Waals surface area contributed by atoms with E-state index in [0.717, 1.165) is 10.6 Å². The lowest BCUT2D eigenvalue weighted by molar-refractivity contribution is 0.249. The Morgan fingerprint density at radius 3 is 2.95 bits per heavy atom. The number of aliphatic hydroxyl groups is 1. The summed E-state index contributed by atoms with van der Waals surface area (Å²) in [4.78, 5) is 12.8. The largest absolute Gasteiger partial charge is 0.394 e. The highest BCUT2D eigenvalue weighted by Crippen LogP contribution is 2.26. The van der Waals surface area contributed by atoms with Crippen LogP contribution in [0.15, 0.2) is 23.6 Å². The van der Waals surface area contributed by atoms with Crippen LogP contribution in [-0.4, -0.2) is 33.6 Å². The van der Waals surface area contributed by atoms with E-state index in [1.807, 2.05) is 31.4 Å². The Morgan fingerprint density at radius 1 is 1.55 bits per heavy atom. The van der Waals surface area contributed by atoms with Gasteiger partial charge in [0.1, 0.15) is 11.5 Å². The first-order valence-corrected chi connectivity index (χ1v) is 7.28. The van der Waals surface area contributed by atoms with Gasteiger partial charge >= 0.3 is 6.03 Å². The lowest BCUT2D eigenvalue weighted by atomic mass is 10.3. The third-order valence-electron chi connectivity index (χ3n) is 2.53. The lowest BCUT2D eigenvalue weighted by Gasteiger charge is -2.10. The molecule has 0 atom stereocenters. The maximum atomic E-state index is 11.8. The van der Waals surface area contributed by atoms with Crippen LogP contribution in [0.5, 0.6) is 0 Å². The molecule has 6 nitrogen and oxygen atoms in total. The fourth-order valence-electron chi connectivity index (χ4n) is 1.74. The van der Waals surface area contributed by atoms with E-state index in [-0.39, 0.29) is 18.7 Å². The number of hydrogen-bond donors (Lipinski definition) is 3. The normalized spacial score (nSPS) is 10.8. The number of rotatable bonds is 5. The molecule has 2 aromatic heterocycles. The van der Waals surface area contributed by atoms with Crippen molar-refractivity contribution in [3.8, 4) is 10.6 Å². The van der Waals surface area contributed by atoms with Crippen molar-refractivity contribution in [3.05, 3.63) is 23.6 Å². The molecule has 2 rings (SSSR count). The van der Waals surface area contributed by atoms with Crippen LogP contribution in [0.4, 0.5) is 10.6 Å². The summed E-state index contributed by atoms with van der Waals surface area (Å²) in [6.45, 7) is 4.08. The monoisotopic (exact) mass is 294 g/mol. The van der Waals surface area contributed by atoms with Crippen molar-refractivity contribution in [2.75, 3.05) is 11.9 Å². The number of anilines is 1. The van der Waals surface area contributed by atoms with E-state index in [4.69, 9.17) is 5.11 Å². The van der Waals surface area contributed by atoms with E-state index in [2.05, 4.69) is 15.7 Å². The summed E-state index contributed by atoms with van der Waals surface area (Å²) in [6.07, 6.45) is 0. The third-order valence-corrected chi connectivity index (χ3v) is 3.42. The average molecular weight is 294 g/mol. The van der Waals surface area contributed by atoms with E-state index in [1.54, 1.807) is 22.1 Å². The number of aliphatic hydroxyl groups excluding tert-OH is 1. The molecule has 0 spiro atoms. The molecule has 0 saturated carbocycles. The molecule has 0 bridgehead atoms. The summed E-state index contributed by atoms with van der Waals surface area (Å²) in [6, 6.07) is 5.50. The Kier molecular flexibility index (Phi) is 4.75. The molecule has 2 heterocycles. The van der Waals surface area contributed by atoms with Gasteiger partial charge in [-0.1, -0.05) is 6.07 Å². The highest BCUT2D eigenvalue weighted by atomic mass is 32.1. The SMILES string of the molecule is CC(C)NC(=O)Nc1cc(-c2cccs2)nn1CCO. The second kappa shape index (κ2) is 6.53. The molecule has 0 aliphatic carbocycles. The van der Waals surface area contributed by atoms with Gasteiger partial charge in [-0.2, -0.15) is 5.10 Å². The first-order valence-electron chi connectivity index (χ1n) is 6.40. The Morgan fingerprint density at radius 2 is 2.35 bits per heavy atom. The van der Waals surface area contributed by atoms with Gasteiger partial charge in [0, 0.05) is 12.1 Å². The molecule has 0 aromatic carbocycles. The summed E-state index contributed by atoms with van der Waals surface area (Å²) in [5.74, 6) is 0.570. The van der Waals surface area contributed by atoms with E-state index >= 15 is 0 Å². The van der Waals surface area contributed by atoms with Gasteiger partial charge in [-0.05, 0) is 25.3 Å². The van der Waals surface area contributed by atoms with Crippen LogP contribution >= 0.6 is 11.3 Å². The zero-order valence-corrected chi connectivity index (χ0v) is 12.3. The molecule has 2 aromatic rings. The van der Waals surface area contributed by atoms with Crippen LogP contribution in [0.3, 0.4) is 0 Å². The van der Waals surface area contributed by atoms with Crippen LogP contribution in [0, 0.1) is 0 Å². The lowest BCUT2D eigenvalue weighted by Crippen LogP contribution is -2.34. The number of aromatic nitrogens is 2. The average Bonchev–Trinajstić information content (AvgIpc) is 2.98. The molecule has 0 aliphatic heterocycles. The maximum Gasteiger partial charge on any atom is 0.320 e. The number of urea groups is 1. The molecule has 2 amide bonds. The zero-order valence-electron chi connectivity index (χ0n) is 11.5. The highest BCUT2D eigenvalue weighted by molar-refractivity contribution is 7.13. The summed E-state index contributed by atoms with van der Waals surface area (Å²) in [7, 11) is 0. The highest BCUT2D eigenvalue weighted by Gasteiger charge is 2.12. The number of nitrogens with one attached hydrogen (secondary N) is 2. The Bertz CT molecular complexity index is 563. The summed E-state index contributed by atoms with van der Waals surface area (Å²) >= 11 is 1.58. The predicted octanol–water partition coefficient (Wildman–Crippen LogP) is 2.13. The molecular weight excluding hydrogens is 276 g/mol. The first kappa shape index (κ1) is 14.5. The van der Waals surface area contributed by atoms with Crippen molar-refractivity contribution in [2.24, 2.45) is 0 Å². The molecular formula is C13H18N4O2S. The fraction of sp³-hybridized carbons (Fsp3) is 0.385. The molecule has 0 saturated heterocycles. The minimum Gasteiger partial charge on any atom is -0.394 e. The van der Waals surface area contributed by atoms with Gasteiger partial charge in [0.15, 0.2) is 0 Å². The molecule has 7 heteroatoms. The maximum absolute atomic E-state index is 11.8. The van der Waals surface area contributed by atoms with E-state index in [9.17, 15) is 4.79 Å². The summed E-state index contributed by atoms with van der Waals surface area (Å²) < 4.78 is 1.59.